The number of nitrogens with one attached hydrogen (secondary N) is 1. The first-order chi connectivity index (χ1) is 10.4. The molecule has 0 aromatic heterocycles. The molecule has 1 aromatic rings. The van der Waals surface area contributed by atoms with E-state index in [4.69, 9.17) is 5.73 Å². The van der Waals surface area contributed by atoms with Crippen molar-refractivity contribution in [3.05, 3.63) is 35.4 Å². The highest BCUT2D eigenvalue weighted by molar-refractivity contribution is 6.22. The number of nitrogens with two attached hydrogens (primary N) is 1. The van der Waals surface area contributed by atoms with Crippen LogP contribution in [0.25, 0.3) is 0 Å². The van der Waals surface area contributed by atoms with Crippen molar-refractivity contribution in [1.29, 1.82) is 0 Å². The highest BCUT2D eigenvalue weighted by atomic mass is 35.5. The Morgan fingerprint density at radius 3 is 2.00 bits per heavy atom. The maximum absolute atomic E-state index is 12.5. The molecule has 0 fully saturated rings. The molecular formula is C16H22ClN3O3. The fourth-order valence-electron chi connectivity index (χ4n) is 2.57. The summed E-state index contributed by atoms with van der Waals surface area (Å²) in [5.41, 5.74) is 6.20. The Kier molecular flexibility index (Phi) is 6.29. The first-order valence-corrected chi connectivity index (χ1v) is 7.35. The average Bonchev–Trinajstić information content (AvgIpc) is 2.73. The van der Waals surface area contributed by atoms with E-state index < -0.39 is 17.9 Å². The minimum atomic E-state index is -0.846. The van der Waals surface area contributed by atoms with Gasteiger partial charge in [-0.05, 0) is 25.0 Å². The van der Waals surface area contributed by atoms with Gasteiger partial charge in [0.05, 0.1) is 11.1 Å². The molecule has 1 aromatic carbocycles. The molecule has 1 aliphatic heterocycles. The molecule has 0 spiro atoms. The molecule has 0 saturated heterocycles. The molecule has 6 nitrogen and oxygen atoms in total. The molecule has 0 saturated carbocycles. The Morgan fingerprint density at radius 1 is 1.13 bits per heavy atom. The van der Waals surface area contributed by atoms with Crippen LogP contribution in [0, 0.1) is 5.92 Å². The molecule has 0 bridgehead atoms. The number of carbonyl (C=O) groups excluding carboxylic acids is 3. The second kappa shape index (κ2) is 7.57. The van der Waals surface area contributed by atoms with Crippen LogP contribution in [0.5, 0.6) is 0 Å². The van der Waals surface area contributed by atoms with Gasteiger partial charge < -0.3 is 11.1 Å². The SMILES string of the molecule is CC(C)C(C(=O)N[C@@H](C)CN)N1C(=O)c2ccccc2C1=O.Cl. The van der Waals surface area contributed by atoms with Gasteiger partial charge in [-0.1, -0.05) is 26.0 Å². The number of amides is 3. The maximum Gasteiger partial charge on any atom is 0.262 e. The van der Waals surface area contributed by atoms with Crippen molar-refractivity contribution in [3.8, 4) is 0 Å². The standard InChI is InChI=1S/C16H21N3O3.ClH/c1-9(2)13(14(20)18-10(3)8-17)19-15(21)11-6-4-5-7-12(11)16(19)22;/h4-7,9-10,13H,8,17H2,1-3H3,(H,18,20);1H/t10-,13?;/m0./s1. The van der Waals surface area contributed by atoms with E-state index in [9.17, 15) is 14.4 Å². The van der Waals surface area contributed by atoms with Gasteiger partial charge in [-0.3, -0.25) is 19.3 Å². The molecule has 126 valence electrons. The Hall–Kier alpha value is -1.92. The van der Waals surface area contributed by atoms with E-state index in [-0.39, 0.29) is 30.3 Å². The topological polar surface area (TPSA) is 92.5 Å². The van der Waals surface area contributed by atoms with E-state index in [1.54, 1.807) is 45.0 Å². The third-order valence-corrected chi connectivity index (χ3v) is 3.75. The van der Waals surface area contributed by atoms with E-state index in [1.165, 1.54) is 0 Å². The summed E-state index contributed by atoms with van der Waals surface area (Å²) in [5, 5.41) is 2.75. The van der Waals surface area contributed by atoms with Crippen molar-refractivity contribution in [1.82, 2.24) is 10.2 Å². The second-order valence-electron chi connectivity index (χ2n) is 5.86. The molecule has 3 amide bonds. The summed E-state index contributed by atoms with van der Waals surface area (Å²) >= 11 is 0. The van der Waals surface area contributed by atoms with Crippen molar-refractivity contribution in [2.45, 2.75) is 32.9 Å². The lowest BCUT2D eigenvalue weighted by Gasteiger charge is -2.29. The Bertz CT molecular complexity index is 583. The quantitative estimate of drug-likeness (QED) is 0.788. The predicted octanol–water partition coefficient (Wildman–Crippen LogP) is 1.19. The number of halogens is 1. The summed E-state index contributed by atoms with van der Waals surface area (Å²) in [5.74, 6) is -1.40. The zero-order chi connectivity index (χ0) is 16.4. The minimum Gasteiger partial charge on any atom is -0.351 e. The lowest BCUT2D eigenvalue weighted by Crippen LogP contribution is -2.54. The highest BCUT2D eigenvalue weighted by Gasteiger charge is 2.43. The van der Waals surface area contributed by atoms with Gasteiger partial charge in [0.1, 0.15) is 6.04 Å². The van der Waals surface area contributed by atoms with Gasteiger partial charge in [0, 0.05) is 12.6 Å². The minimum absolute atomic E-state index is 0. The van der Waals surface area contributed by atoms with Crippen LogP contribution in [-0.2, 0) is 4.79 Å². The van der Waals surface area contributed by atoms with E-state index in [1.807, 2.05) is 0 Å². The number of imide groups is 1. The monoisotopic (exact) mass is 339 g/mol. The molecule has 1 heterocycles. The van der Waals surface area contributed by atoms with E-state index in [0.29, 0.717) is 17.7 Å². The molecule has 0 radical (unpaired) electrons. The van der Waals surface area contributed by atoms with Crippen LogP contribution in [0.3, 0.4) is 0 Å². The van der Waals surface area contributed by atoms with Crippen LogP contribution >= 0.6 is 12.4 Å². The van der Waals surface area contributed by atoms with Gasteiger partial charge in [-0.2, -0.15) is 0 Å². The van der Waals surface area contributed by atoms with Gasteiger partial charge in [0.25, 0.3) is 11.8 Å². The van der Waals surface area contributed by atoms with Crippen LogP contribution in [0.4, 0.5) is 0 Å². The number of hydrogen-bond acceptors (Lipinski definition) is 4. The molecule has 1 unspecified atom stereocenters. The zero-order valence-corrected chi connectivity index (χ0v) is 14.2. The predicted molar refractivity (Wildman–Crippen MR) is 89.5 cm³/mol. The molecule has 2 atom stereocenters. The largest absolute Gasteiger partial charge is 0.351 e. The summed E-state index contributed by atoms with van der Waals surface area (Å²) in [4.78, 5) is 38.6. The number of carbonyl (C=O) groups is 3. The van der Waals surface area contributed by atoms with Crippen molar-refractivity contribution in [3.63, 3.8) is 0 Å². The number of nitrogens with zero attached hydrogens (tertiary/aromatic N) is 1. The van der Waals surface area contributed by atoms with Gasteiger partial charge in [-0.15, -0.1) is 12.4 Å². The summed E-state index contributed by atoms with van der Waals surface area (Å²) in [6.07, 6.45) is 0. The summed E-state index contributed by atoms with van der Waals surface area (Å²) in [6.45, 7) is 5.68. The number of rotatable bonds is 5. The van der Waals surface area contributed by atoms with Gasteiger partial charge >= 0.3 is 0 Å². The van der Waals surface area contributed by atoms with Crippen LogP contribution in [0.1, 0.15) is 41.5 Å². The summed E-state index contributed by atoms with van der Waals surface area (Å²) in [6, 6.07) is 5.55. The summed E-state index contributed by atoms with van der Waals surface area (Å²) in [7, 11) is 0. The van der Waals surface area contributed by atoms with Gasteiger partial charge in [0.15, 0.2) is 0 Å². The number of fused-ring (bicyclic) bond motifs is 1. The zero-order valence-electron chi connectivity index (χ0n) is 13.4. The van der Waals surface area contributed by atoms with E-state index >= 15 is 0 Å². The van der Waals surface area contributed by atoms with Crippen molar-refractivity contribution >= 4 is 30.1 Å². The first kappa shape index (κ1) is 19.1. The van der Waals surface area contributed by atoms with Crippen molar-refractivity contribution in [2.24, 2.45) is 11.7 Å². The van der Waals surface area contributed by atoms with Crippen LogP contribution < -0.4 is 11.1 Å². The Morgan fingerprint density at radius 2 is 1.61 bits per heavy atom. The fraction of sp³-hybridized carbons (Fsp3) is 0.438. The Labute approximate surface area is 141 Å². The Balaban J connectivity index is 0.00000264. The average molecular weight is 340 g/mol. The van der Waals surface area contributed by atoms with E-state index in [2.05, 4.69) is 5.32 Å². The molecule has 0 aliphatic carbocycles. The molecular weight excluding hydrogens is 318 g/mol. The number of benzene rings is 1. The van der Waals surface area contributed by atoms with Gasteiger partial charge in [-0.25, -0.2) is 0 Å². The fourth-order valence-corrected chi connectivity index (χ4v) is 2.57. The lowest BCUT2D eigenvalue weighted by atomic mass is 10.0. The second-order valence-corrected chi connectivity index (χ2v) is 5.86. The van der Waals surface area contributed by atoms with Gasteiger partial charge in [0.2, 0.25) is 5.91 Å². The number of hydrogen-bond donors (Lipinski definition) is 2. The molecule has 2 rings (SSSR count). The molecule has 3 N–H and O–H groups in total. The third-order valence-electron chi connectivity index (χ3n) is 3.75. The van der Waals surface area contributed by atoms with Crippen LogP contribution in [0.15, 0.2) is 24.3 Å². The lowest BCUT2D eigenvalue weighted by molar-refractivity contribution is -0.126. The molecule has 7 heteroatoms. The van der Waals surface area contributed by atoms with E-state index in [0.717, 1.165) is 4.90 Å². The normalized spacial score (nSPS) is 16.0. The summed E-state index contributed by atoms with van der Waals surface area (Å²) < 4.78 is 0. The molecule has 1 aliphatic rings. The first-order valence-electron chi connectivity index (χ1n) is 7.35. The molecule has 23 heavy (non-hydrogen) atoms. The maximum atomic E-state index is 12.5. The van der Waals surface area contributed by atoms with Crippen molar-refractivity contribution < 1.29 is 14.4 Å². The van der Waals surface area contributed by atoms with Crippen LogP contribution in [-0.4, -0.2) is 41.2 Å². The van der Waals surface area contributed by atoms with Crippen LogP contribution in [0.2, 0.25) is 0 Å². The third kappa shape index (κ3) is 3.54. The highest BCUT2D eigenvalue weighted by Crippen LogP contribution is 2.27. The van der Waals surface area contributed by atoms with Crippen molar-refractivity contribution in [2.75, 3.05) is 6.54 Å². The smallest absolute Gasteiger partial charge is 0.262 e.